The first kappa shape index (κ1) is 22.5. The van der Waals surface area contributed by atoms with Crippen molar-refractivity contribution in [1.29, 1.82) is 0 Å². The monoisotopic (exact) mass is 402 g/mol. The zero-order valence-corrected chi connectivity index (χ0v) is 18.4. The van der Waals surface area contributed by atoms with Gasteiger partial charge in [0.25, 0.3) is 6.08 Å². The smallest absolute Gasteiger partial charge is 0.174 e. The van der Waals surface area contributed by atoms with Crippen LogP contribution in [0.4, 0.5) is 8.78 Å². The highest BCUT2D eigenvalue weighted by Crippen LogP contribution is 2.44. The highest BCUT2D eigenvalue weighted by Gasteiger charge is 2.31. The fourth-order valence-corrected chi connectivity index (χ4v) is 5.77. The Kier molecular flexibility index (Phi) is 9.21. The van der Waals surface area contributed by atoms with Gasteiger partial charge >= 0.3 is 0 Å². The van der Waals surface area contributed by atoms with Gasteiger partial charge in [-0.15, -0.1) is 0 Å². The molecule has 0 bridgehead atoms. The van der Waals surface area contributed by atoms with Crippen LogP contribution in [0.1, 0.15) is 107 Å². The van der Waals surface area contributed by atoms with E-state index in [1.54, 1.807) is 0 Å². The van der Waals surface area contributed by atoms with E-state index < -0.39 is 6.08 Å². The quantitative estimate of drug-likeness (QED) is 0.361. The average Bonchev–Trinajstić information content (AvgIpc) is 2.74. The molecule has 3 rings (SSSR count). The van der Waals surface area contributed by atoms with Crippen LogP contribution in [-0.2, 0) is 6.42 Å². The van der Waals surface area contributed by atoms with Crippen LogP contribution in [-0.4, -0.2) is 0 Å². The van der Waals surface area contributed by atoms with Gasteiger partial charge in [0.05, 0.1) is 0 Å². The summed E-state index contributed by atoms with van der Waals surface area (Å²) >= 11 is 0. The summed E-state index contributed by atoms with van der Waals surface area (Å²) in [7, 11) is 0. The molecule has 1 aromatic rings. The van der Waals surface area contributed by atoms with Crippen LogP contribution >= 0.6 is 0 Å². The molecule has 162 valence electrons. The van der Waals surface area contributed by atoms with Crippen LogP contribution in [0.3, 0.4) is 0 Å². The second-order valence-electron chi connectivity index (χ2n) is 9.65. The molecule has 2 heteroatoms. The number of unbranched alkanes of at least 4 members (excludes halogenated alkanes) is 4. The minimum Gasteiger partial charge on any atom is -0.174 e. The summed E-state index contributed by atoms with van der Waals surface area (Å²) in [4.78, 5) is 0. The van der Waals surface area contributed by atoms with Crippen molar-refractivity contribution < 1.29 is 8.78 Å². The van der Waals surface area contributed by atoms with E-state index in [0.29, 0.717) is 0 Å². The van der Waals surface area contributed by atoms with Crippen molar-refractivity contribution in [2.24, 2.45) is 17.8 Å². The first-order chi connectivity index (χ1) is 14.2. The van der Waals surface area contributed by atoms with E-state index in [1.807, 2.05) is 0 Å². The summed E-state index contributed by atoms with van der Waals surface area (Å²) in [5.41, 5.74) is 3.03. The Labute approximate surface area is 177 Å². The molecule has 0 unspecified atom stereocenters. The van der Waals surface area contributed by atoms with Gasteiger partial charge in [-0.2, -0.15) is 8.78 Å². The van der Waals surface area contributed by atoms with E-state index in [2.05, 4.69) is 31.2 Å². The van der Waals surface area contributed by atoms with Gasteiger partial charge in [-0.3, -0.25) is 0 Å². The summed E-state index contributed by atoms with van der Waals surface area (Å²) in [5.74, 6) is 2.45. The molecule has 2 saturated carbocycles. The molecule has 2 aliphatic rings. The number of allylic oxidation sites excluding steroid dienone is 1. The fourth-order valence-electron chi connectivity index (χ4n) is 5.77. The summed E-state index contributed by atoms with van der Waals surface area (Å²) in [5, 5.41) is 0. The molecule has 29 heavy (non-hydrogen) atoms. The van der Waals surface area contributed by atoms with Gasteiger partial charge in [0.15, 0.2) is 0 Å². The Balaban J connectivity index is 1.39. The van der Waals surface area contributed by atoms with Gasteiger partial charge in [0, 0.05) is 0 Å². The molecule has 1 aromatic carbocycles. The molecular formula is C27H40F2. The lowest BCUT2D eigenvalue weighted by molar-refractivity contribution is 0.170. The maximum Gasteiger partial charge on any atom is 0.266 e. The lowest BCUT2D eigenvalue weighted by atomic mass is 9.68. The lowest BCUT2D eigenvalue weighted by Gasteiger charge is -2.37. The SMILES string of the molecule is CCCCCCCc1ccc(C2CCC(C3CCC(C=C(F)F)CC3)CC2)cc1. The standard InChI is InChI=1S/C27H40F2/c1-2-3-4-5-6-7-21-8-12-23(13-9-21)25-16-18-26(19-17-25)24-14-10-22(11-15-24)20-27(28)29/h8-9,12-13,20,22,24-26H,2-7,10-11,14-19H2,1H3. The van der Waals surface area contributed by atoms with Gasteiger partial charge in [0.1, 0.15) is 0 Å². The molecule has 0 radical (unpaired) electrons. The Bertz CT molecular complexity index is 598. The Morgan fingerprint density at radius 1 is 0.793 bits per heavy atom. The van der Waals surface area contributed by atoms with Crippen LogP contribution in [0.2, 0.25) is 0 Å². The Morgan fingerprint density at radius 3 is 1.97 bits per heavy atom. The van der Waals surface area contributed by atoms with Crippen molar-refractivity contribution in [3.05, 3.63) is 47.5 Å². The number of aryl methyl sites for hydroxylation is 1. The van der Waals surface area contributed by atoms with Crippen LogP contribution in [0.5, 0.6) is 0 Å². The van der Waals surface area contributed by atoms with Gasteiger partial charge in [-0.05, 0) is 105 Å². The van der Waals surface area contributed by atoms with Crippen LogP contribution in [0.25, 0.3) is 0 Å². The minimum absolute atomic E-state index is 0.123. The van der Waals surface area contributed by atoms with Crippen LogP contribution in [0, 0.1) is 17.8 Å². The van der Waals surface area contributed by atoms with Crippen molar-refractivity contribution in [3.8, 4) is 0 Å². The number of hydrogen-bond donors (Lipinski definition) is 0. The molecule has 2 fully saturated rings. The van der Waals surface area contributed by atoms with Crippen molar-refractivity contribution in [2.75, 3.05) is 0 Å². The topological polar surface area (TPSA) is 0 Å². The zero-order valence-electron chi connectivity index (χ0n) is 18.4. The molecule has 0 nitrogen and oxygen atoms in total. The predicted octanol–water partition coefficient (Wildman–Crippen LogP) is 9.06. The molecule has 0 saturated heterocycles. The van der Waals surface area contributed by atoms with E-state index in [1.165, 1.54) is 81.4 Å². The van der Waals surface area contributed by atoms with E-state index in [4.69, 9.17) is 0 Å². The third-order valence-corrected chi connectivity index (χ3v) is 7.64. The largest absolute Gasteiger partial charge is 0.266 e. The normalized spacial score (nSPS) is 27.6. The molecular weight excluding hydrogens is 362 g/mol. The maximum atomic E-state index is 12.5. The highest BCUT2D eigenvalue weighted by atomic mass is 19.3. The second kappa shape index (κ2) is 11.9. The van der Waals surface area contributed by atoms with Crippen molar-refractivity contribution in [2.45, 2.75) is 103 Å². The van der Waals surface area contributed by atoms with E-state index in [-0.39, 0.29) is 5.92 Å². The highest BCUT2D eigenvalue weighted by molar-refractivity contribution is 5.26. The first-order valence-corrected chi connectivity index (χ1v) is 12.3. The van der Waals surface area contributed by atoms with Crippen LogP contribution < -0.4 is 0 Å². The van der Waals surface area contributed by atoms with Gasteiger partial charge in [0.2, 0.25) is 0 Å². The predicted molar refractivity (Wildman–Crippen MR) is 119 cm³/mol. The van der Waals surface area contributed by atoms with Crippen molar-refractivity contribution >= 4 is 0 Å². The average molecular weight is 403 g/mol. The summed E-state index contributed by atoms with van der Waals surface area (Å²) in [6, 6.07) is 9.49. The van der Waals surface area contributed by atoms with Crippen molar-refractivity contribution in [1.82, 2.24) is 0 Å². The number of hydrogen-bond acceptors (Lipinski definition) is 0. The Morgan fingerprint density at radius 2 is 1.38 bits per heavy atom. The maximum absolute atomic E-state index is 12.5. The summed E-state index contributed by atoms with van der Waals surface area (Å²) < 4.78 is 24.9. The summed E-state index contributed by atoms with van der Waals surface area (Å²) in [6.07, 6.45) is 17.2. The van der Waals surface area contributed by atoms with Gasteiger partial charge in [-0.25, -0.2) is 0 Å². The second-order valence-corrected chi connectivity index (χ2v) is 9.65. The first-order valence-electron chi connectivity index (χ1n) is 12.3. The third kappa shape index (κ3) is 7.23. The number of benzene rings is 1. The fraction of sp³-hybridized carbons (Fsp3) is 0.704. The molecule has 0 spiro atoms. The molecule has 0 heterocycles. The zero-order chi connectivity index (χ0) is 20.5. The van der Waals surface area contributed by atoms with Crippen LogP contribution in [0.15, 0.2) is 36.4 Å². The minimum atomic E-state index is -1.49. The molecule has 0 amide bonds. The molecule has 0 aliphatic heterocycles. The Hall–Kier alpha value is -1.18. The summed E-state index contributed by atoms with van der Waals surface area (Å²) in [6.45, 7) is 2.27. The van der Waals surface area contributed by atoms with Gasteiger partial charge in [-0.1, -0.05) is 56.9 Å². The molecule has 0 atom stereocenters. The molecule has 0 N–H and O–H groups in total. The lowest BCUT2D eigenvalue weighted by Crippen LogP contribution is -2.25. The molecule has 2 aliphatic carbocycles. The number of rotatable bonds is 9. The van der Waals surface area contributed by atoms with Gasteiger partial charge < -0.3 is 0 Å². The molecule has 0 aromatic heterocycles. The number of halogens is 2. The van der Waals surface area contributed by atoms with E-state index in [0.717, 1.165) is 43.4 Å². The van der Waals surface area contributed by atoms with E-state index in [9.17, 15) is 8.78 Å². The van der Waals surface area contributed by atoms with Crippen molar-refractivity contribution in [3.63, 3.8) is 0 Å². The van der Waals surface area contributed by atoms with E-state index >= 15 is 0 Å². The third-order valence-electron chi connectivity index (χ3n) is 7.64.